The zero-order valence-corrected chi connectivity index (χ0v) is 28.9. The van der Waals surface area contributed by atoms with Crippen LogP contribution in [0.2, 0.25) is 0 Å². The third kappa shape index (κ3) is 4.83. The molecule has 0 fully saturated rings. The van der Waals surface area contributed by atoms with Crippen LogP contribution >= 0.6 is 0 Å². The van der Waals surface area contributed by atoms with Crippen molar-refractivity contribution in [3.8, 4) is 39.4 Å². The average Bonchev–Trinajstić information content (AvgIpc) is 3.24. The van der Waals surface area contributed by atoms with E-state index < -0.39 is 0 Å². The minimum atomic E-state index is -0.159. The third-order valence-corrected chi connectivity index (χ3v) is 10.7. The molecule has 0 radical (unpaired) electrons. The van der Waals surface area contributed by atoms with E-state index in [-0.39, 0.29) is 6.71 Å². The number of nitriles is 1. The second kappa shape index (κ2) is 12.6. The molecular weight excluding hydrogens is 641 g/mol. The van der Waals surface area contributed by atoms with Gasteiger partial charge in [0.05, 0.1) is 16.9 Å². The van der Waals surface area contributed by atoms with Crippen LogP contribution in [0.25, 0.3) is 33.4 Å². The number of rotatable bonds is 5. The predicted octanol–water partition coefficient (Wildman–Crippen LogP) is 10.6. The van der Waals surface area contributed by atoms with E-state index in [1.807, 2.05) is 0 Å². The van der Waals surface area contributed by atoms with E-state index >= 15 is 0 Å². The van der Waals surface area contributed by atoms with Crippen molar-refractivity contribution >= 4 is 57.2 Å². The Morgan fingerprint density at radius 3 is 1.21 bits per heavy atom. The molecule has 2 heterocycles. The first-order valence-corrected chi connectivity index (χ1v) is 18.1. The van der Waals surface area contributed by atoms with Crippen LogP contribution < -0.4 is 26.2 Å². The molecule has 53 heavy (non-hydrogen) atoms. The summed E-state index contributed by atoms with van der Waals surface area (Å²) in [6, 6.07) is 71.4. The van der Waals surface area contributed by atoms with Crippen molar-refractivity contribution < 1.29 is 0 Å². The van der Waals surface area contributed by atoms with E-state index in [2.05, 4.69) is 210 Å². The highest BCUT2D eigenvalue weighted by Gasteiger charge is 2.47. The fourth-order valence-corrected chi connectivity index (χ4v) is 8.52. The van der Waals surface area contributed by atoms with Gasteiger partial charge < -0.3 is 9.80 Å². The molecule has 246 valence electrons. The van der Waals surface area contributed by atoms with Crippen molar-refractivity contribution in [2.45, 2.75) is 0 Å². The Bertz CT molecular complexity index is 2660. The first-order chi connectivity index (χ1) is 26.3. The van der Waals surface area contributed by atoms with Crippen molar-refractivity contribution in [3.05, 3.63) is 200 Å². The Labute approximate surface area is 310 Å². The molecule has 0 spiro atoms. The molecule has 4 heteroatoms. The molecule has 0 saturated carbocycles. The molecule has 0 aromatic heterocycles. The van der Waals surface area contributed by atoms with Gasteiger partial charge >= 0.3 is 0 Å². The van der Waals surface area contributed by atoms with Crippen LogP contribution in [0.4, 0.5) is 34.1 Å². The Morgan fingerprint density at radius 2 is 0.774 bits per heavy atom. The quantitative estimate of drug-likeness (QED) is 0.170. The lowest BCUT2D eigenvalue weighted by Crippen LogP contribution is -2.62. The van der Waals surface area contributed by atoms with Gasteiger partial charge in [-0.15, -0.1) is 0 Å². The van der Waals surface area contributed by atoms with Crippen LogP contribution in [0.1, 0.15) is 5.56 Å². The highest BCUT2D eigenvalue weighted by molar-refractivity contribution is 7.00. The SMILES string of the molecule is N#Cc1cc(-c2ccccc2)c2c3c1N(c1ccccc1)c1c(cccc1-c1ccccc1)B3c1cccc(-c3ccccc3)c1N2c1ccccc1. The van der Waals surface area contributed by atoms with Gasteiger partial charge in [0.2, 0.25) is 0 Å². The lowest BCUT2D eigenvalue weighted by atomic mass is 9.32. The van der Waals surface area contributed by atoms with Crippen LogP contribution in [0.15, 0.2) is 194 Å². The van der Waals surface area contributed by atoms with Crippen molar-refractivity contribution in [1.82, 2.24) is 0 Å². The summed E-state index contributed by atoms with van der Waals surface area (Å²) in [7, 11) is 0. The fraction of sp³-hybridized carbons (Fsp3) is 0. The van der Waals surface area contributed by atoms with Crippen LogP contribution in [0.5, 0.6) is 0 Å². The summed E-state index contributed by atoms with van der Waals surface area (Å²) in [5.41, 5.74) is 17.2. The molecule has 8 aromatic rings. The number of para-hydroxylation sites is 4. The highest BCUT2D eigenvalue weighted by atomic mass is 15.2. The Balaban J connectivity index is 1.42. The maximum absolute atomic E-state index is 11.2. The molecule has 10 rings (SSSR count). The smallest absolute Gasteiger partial charge is 0.252 e. The molecule has 2 aliphatic rings. The molecule has 0 unspecified atom stereocenters. The zero-order chi connectivity index (χ0) is 35.3. The number of hydrogen-bond acceptors (Lipinski definition) is 3. The van der Waals surface area contributed by atoms with Crippen LogP contribution in [-0.4, -0.2) is 6.71 Å². The second-order valence-electron chi connectivity index (χ2n) is 13.6. The summed E-state index contributed by atoms with van der Waals surface area (Å²) in [4.78, 5) is 4.82. The lowest BCUT2D eigenvalue weighted by Gasteiger charge is -2.46. The van der Waals surface area contributed by atoms with E-state index in [1.54, 1.807) is 0 Å². The molecule has 0 aliphatic carbocycles. The molecule has 3 nitrogen and oxygen atoms in total. The maximum atomic E-state index is 11.2. The average molecular weight is 674 g/mol. The fourth-order valence-electron chi connectivity index (χ4n) is 8.52. The molecule has 0 saturated heterocycles. The van der Waals surface area contributed by atoms with Crippen molar-refractivity contribution in [1.29, 1.82) is 5.26 Å². The van der Waals surface area contributed by atoms with E-state index in [0.717, 1.165) is 73.0 Å². The van der Waals surface area contributed by atoms with Gasteiger partial charge in [-0.05, 0) is 63.4 Å². The van der Waals surface area contributed by atoms with Gasteiger partial charge in [-0.25, -0.2) is 0 Å². The zero-order valence-electron chi connectivity index (χ0n) is 28.9. The largest absolute Gasteiger partial charge is 0.310 e. The minimum Gasteiger partial charge on any atom is -0.310 e. The van der Waals surface area contributed by atoms with E-state index in [9.17, 15) is 5.26 Å². The monoisotopic (exact) mass is 673 g/mol. The van der Waals surface area contributed by atoms with E-state index in [0.29, 0.717) is 5.56 Å². The maximum Gasteiger partial charge on any atom is 0.252 e. The van der Waals surface area contributed by atoms with Crippen LogP contribution in [-0.2, 0) is 0 Å². The molecule has 0 amide bonds. The van der Waals surface area contributed by atoms with Gasteiger partial charge in [-0.2, -0.15) is 5.26 Å². The van der Waals surface area contributed by atoms with Crippen molar-refractivity contribution in [2.75, 3.05) is 9.80 Å². The number of anilines is 6. The van der Waals surface area contributed by atoms with E-state index in [4.69, 9.17) is 0 Å². The number of hydrogen-bond donors (Lipinski definition) is 0. The van der Waals surface area contributed by atoms with Gasteiger partial charge in [0.1, 0.15) is 6.07 Å². The van der Waals surface area contributed by atoms with Crippen LogP contribution in [0, 0.1) is 11.3 Å². The van der Waals surface area contributed by atoms with Gasteiger partial charge in [0.25, 0.3) is 6.71 Å². The highest BCUT2D eigenvalue weighted by Crippen LogP contribution is 2.52. The molecule has 0 N–H and O–H groups in total. The van der Waals surface area contributed by atoms with E-state index in [1.165, 1.54) is 10.9 Å². The molecular formula is C49H32BN3. The summed E-state index contributed by atoms with van der Waals surface area (Å²) in [5.74, 6) is 0. The van der Waals surface area contributed by atoms with Gasteiger partial charge in [-0.1, -0.05) is 164 Å². The third-order valence-electron chi connectivity index (χ3n) is 10.7. The first kappa shape index (κ1) is 30.7. The van der Waals surface area contributed by atoms with Crippen molar-refractivity contribution in [2.24, 2.45) is 0 Å². The minimum absolute atomic E-state index is 0.159. The van der Waals surface area contributed by atoms with Gasteiger partial charge in [-0.3, -0.25) is 0 Å². The van der Waals surface area contributed by atoms with Gasteiger partial charge in [0.15, 0.2) is 0 Å². The topological polar surface area (TPSA) is 30.3 Å². The summed E-state index contributed by atoms with van der Waals surface area (Å²) in [6.07, 6.45) is 0. The standard InChI is InChI=1S/C49H32BN3/c51-33-37-32-42(36-22-10-3-11-23-36)49-45-46(37)52(38-24-12-4-13-25-38)47-40(34-18-6-1-7-19-34)28-16-30-43(47)50(45)44-31-17-29-41(35-20-8-2-9-21-35)48(44)53(49)39-26-14-5-15-27-39/h1-32H. The molecule has 0 atom stereocenters. The molecule has 8 aromatic carbocycles. The number of nitrogens with zero attached hydrogens (tertiary/aromatic N) is 3. The Morgan fingerprint density at radius 1 is 0.377 bits per heavy atom. The summed E-state index contributed by atoms with van der Waals surface area (Å²) in [6.45, 7) is -0.159. The Hall–Kier alpha value is -7.09. The lowest BCUT2D eigenvalue weighted by molar-refractivity contribution is 1.24. The number of benzene rings is 8. The normalized spacial score (nSPS) is 12.4. The summed E-state index contributed by atoms with van der Waals surface area (Å²) >= 11 is 0. The second-order valence-corrected chi connectivity index (χ2v) is 13.6. The molecule has 0 bridgehead atoms. The van der Waals surface area contributed by atoms with Gasteiger partial charge in [0, 0.05) is 39.4 Å². The number of fused-ring (bicyclic) bond motifs is 4. The molecule has 2 aliphatic heterocycles. The first-order valence-electron chi connectivity index (χ1n) is 18.1. The Kier molecular flexibility index (Phi) is 7.30. The predicted molar refractivity (Wildman–Crippen MR) is 221 cm³/mol. The summed E-state index contributed by atoms with van der Waals surface area (Å²) in [5, 5.41) is 11.2. The van der Waals surface area contributed by atoms with Crippen LogP contribution in [0.3, 0.4) is 0 Å². The summed E-state index contributed by atoms with van der Waals surface area (Å²) < 4.78 is 0. The van der Waals surface area contributed by atoms with Crippen molar-refractivity contribution in [3.63, 3.8) is 0 Å².